The molecule has 0 amide bonds. The molecule has 2 fully saturated rings. The predicted molar refractivity (Wildman–Crippen MR) is 98.2 cm³/mol. The Balaban J connectivity index is 1.53. The minimum Gasteiger partial charge on any atom is -0.507 e. The number of phenolic OH excluding ortho intramolecular Hbond substituents is 1. The van der Waals surface area contributed by atoms with E-state index in [1.54, 1.807) is 6.07 Å². The highest BCUT2D eigenvalue weighted by Crippen LogP contribution is 2.45. The van der Waals surface area contributed by atoms with Gasteiger partial charge in [-0.25, -0.2) is 0 Å². The van der Waals surface area contributed by atoms with Crippen molar-refractivity contribution in [1.82, 2.24) is 0 Å². The lowest BCUT2D eigenvalue weighted by Gasteiger charge is -2.38. The Bertz CT molecular complexity index is 580. The van der Waals surface area contributed by atoms with Gasteiger partial charge in [0.1, 0.15) is 5.75 Å². The Morgan fingerprint density at radius 2 is 1.50 bits per heavy atom. The van der Waals surface area contributed by atoms with Crippen LogP contribution >= 0.6 is 0 Å². The van der Waals surface area contributed by atoms with Crippen LogP contribution in [-0.2, 0) is 6.18 Å². The largest absolute Gasteiger partial charge is 0.507 e. The first-order chi connectivity index (χ1) is 12.4. The second-order valence-electron chi connectivity index (χ2n) is 8.46. The van der Waals surface area contributed by atoms with Gasteiger partial charge in [0.05, 0.1) is 5.56 Å². The van der Waals surface area contributed by atoms with E-state index >= 15 is 0 Å². The summed E-state index contributed by atoms with van der Waals surface area (Å²) in [6.07, 6.45) is 8.08. The molecule has 1 N–H and O–H groups in total. The van der Waals surface area contributed by atoms with Gasteiger partial charge in [0.25, 0.3) is 0 Å². The molecular formula is C22H31F3O. The maximum absolute atomic E-state index is 12.8. The fraction of sp³-hybridized carbons (Fsp3) is 0.727. The van der Waals surface area contributed by atoms with Crippen molar-refractivity contribution in [2.24, 2.45) is 17.8 Å². The Morgan fingerprint density at radius 1 is 0.923 bits per heavy atom. The lowest BCUT2D eigenvalue weighted by molar-refractivity contribution is -0.138. The SMILES string of the molecule is CCCC1CCC(C2CCC(c3ccc(C(F)(F)F)c(O)c3)CC2)CC1. The molecule has 0 bridgehead atoms. The van der Waals surface area contributed by atoms with Crippen LogP contribution < -0.4 is 0 Å². The van der Waals surface area contributed by atoms with E-state index in [0.29, 0.717) is 0 Å². The molecule has 2 aliphatic carbocycles. The van der Waals surface area contributed by atoms with Crippen molar-refractivity contribution in [3.8, 4) is 5.75 Å². The molecule has 0 radical (unpaired) electrons. The average Bonchev–Trinajstić information content (AvgIpc) is 2.62. The van der Waals surface area contributed by atoms with Gasteiger partial charge < -0.3 is 5.11 Å². The van der Waals surface area contributed by atoms with Crippen LogP contribution in [0.2, 0.25) is 0 Å². The molecular weight excluding hydrogens is 337 g/mol. The summed E-state index contributed by atoms with van der Waals surface area (Å²) in [5.74, 6) is 2.23. The minimum absolute atomic E-state index is 0.288. The van der Waals surface area contributed by atoms with Crippen LogP contribution in [0.15, 0.2) is 18.2 Å². The summed E-state index contributed by atoms with van der Waals surface area (Å²) in [7, 11) is 0. The molecule has 2 aliphatic rings. The maximum Gasteiger partial charge on any atom is 0.419 e. The number of hydrogen-bond acceptors (Lipinski definition) is 1. The van der Waals surface area contributed by atoms with E-state index in [4.69, 9.17) is 0 Å². The quantitative estimate of drug-likeness (QED) is 0.591. The predicted octanol–water partition coefficient (Wildman–Crippen LogP) is 7.29. The van der Waals surface area contributed by atoms with Gasteiger partial charge in [-0.05, 0) is 79.9 Å². The number of benzene rings is 1. The third-order valence-corrected chi connectivity index (χ3v) is 6.83. The summed E-state index contributed by atoms with van der Waals surface area (Å²) in [6.45, 7) is 2.27. The van der Waals surface area contributed by atoms with Gasteiger partial charge in [-0.1, -0.05) is 38.7 Å². The summed E-state index contributed by atoms with van der Waals surface area (Å²) in [4.78, 5) is 0. The molecule has 0 aromatic heterocycles. The zero-order chi connectivity index (χ0) is 18.7. The molecule has 26 heavy (non-hydrogen) atoms. The van der Waals surface area contributed by atoms with E-state index in [1.165, 1.54) is 57.4 Å². The van der Waals surface area contributed by atoms with Crippen LogP contribution in [0.5, 0.6) is 5.75 Å². The highest BCUT2D eigenvalue weighted by atomic mass is 19.4. The summed E-state index contributed by atoms with van der Waals surface area (Å²) in [5.41, 5.74) is -0.0700. The van der Waals surface area contributed by atoms with Crippen molar-refractivity contribution in [3.63, 3.8) is 0 Å². The van der Waals surface area contributed by atoms with Crippen LogP contribution in [0.1, 0.15) is 88.2 Å². The first-order valence-corrected chi connectivity index (χ1v) is 10.3. The van der Waals surface area contributed by atoms with Crippen LogP contribution in [-0.4, -0.2) is 5.11 Å². The lowest BCUT2D eigenvalue weighted by atomic mass is 9.68. The highest BCUT2D eigenvalue weighted by Gasteiger charge is 2.35. The van der Waals surface area contributed by atoms with Crippen LogP contribution in [0.4, 0.5) is 13.2 Å². The Morgan fingerprint density at radius 3 is 2.00 bits per heavy atom. The van der Waals surface area contributed by atoms with Crippen molar-refractivity contribution < 1.29 is 18.3 Å². The summed E-state index contributed by atoms with van der Waals surface area (Å²) in [6, 6.07) is 3.93. The van der Waals surface area contributed by atoms with Crippen LogP contribution in [0.3, 0.4) is 0 Å². The highest BCUT2D eigenvalue weighted by molar-refractivity contribution is 5.39. The second kappa shape index (κ2) is 8.22. The van der Waals surface area contributed by atoms with Gasteiger partial charge >= 0.3 is 6.18 Å². The number of hydrogen-bond donors (Lipinski definition) is 1. The van der Waals surface area contributed by atoms with E-state index < -0.39 is 17.5 Å². The van der Waals surface area contributed by atoms with Crippen molar-refractivity contribution in [2.45, 2.75) is 83.2 Å². The van der Waals surface area contributed by atoms with Gasteiger partial charge in [-0.2, -0.15) is 13.2 Å². The molecule has 1 aromatic carbocycles. The number of aromatic hydroxyl groups is 1. The van der Waals surface area contributed by atoms with Crippen molar-refractivity contribution in [1.29, 1.82) is 0 Å². The number of alkyl halides is 3. The van der Waals surface area contributed by atoms with E-state index in [0.717, 1.165) is 42.2 Å². The topological polar surface area (TPSA) is 20.2 Å². The van der Waals surface area contributed by atoms with Gasteiger partial charge in [-0.15, -0.1) is 0 Å². The van der Waals surface area contributed by atoms with Crippen molar-refractivity contribution in [2.75, 3.05) is 0 Å². The molecule has 1 aromatic rings. The molecule has 3 rings (SSSR count). The standard InChI is InChI=1S/C22H31F3O/c1-2-3-15-4-6-16(7-5-15)17-8-10-18(11-9-17)19-12-13-20(21(26)14-19)22(23,24)25/h12-18,26H,2-11H2,1H3. The third kappa shape index (κ3) is 4.55. The van der Waals surface area contributed by atoms with E-state index in [1.807, 2.05) is 0 Å². The van der Waals surface area contributed by atoms with E-state index in [2.05, 4.69) is 6.92 Å². The molecule has 0 saturated heterocycles. The van der Waals surface area contributed by atoms with Gasteiger partial charge in [-0.3, -0.25) is 0 Å². The van der Waals surface area contributed by atoms with Crippen LogP contribution in [0.25, 0.3) is 0 Å². The fourth-order valence-electron chi connectivity index (χ4n) is 5.32. The summed E-state index contributed by atoms with van der Waals surface area (Å²) >= 11 is 0. The van der Waals surface area contributed by atoms with Crippen molar-refractivity contribution in [3.05, 3.63) is 29.3 Å². The monoisotopic (exact) mass is 368 g/mol. The Hall–Kier alpha value is -1.19. The molecule has 0 aliphatic heterocycles. The molecule has 0 heterocycles. The molecule has 0 unspecified atom stereocenters. The van der Waals surface area contributed by atoms with Crippen LogP contribution in [0, 0.1) is 17.8 Å². The zero-order valence-electron chi connectivity index (χ0n) is 15.7. The molecule has 2 saturated carbocycles. The van der Waals surface area contributed by atoms with Gasteiger partial charge in [0.2, 0.25) is 0 Å². The number of halogens is 3. The first-order valence-electron chi connectivity index (χ1n) is 10.3. The molecule has 1 nitrogen and oxygen atoms in total. The molecule has 0 atom stereocenters. The molecule has 4 heteroatoms. The average molecular weight is 368 g/mol. The lowest BCUT2D eigenvalue weighted by Crippen LogP contribution is -2.25. The zero-order valence-corrected chi connectivity index (χ0v) is 15.7. The third-order valence-electron chi connectivity index (χ3n) is 6.83. The normalized spacial score (nSPS) is 30.3. The van der Waals surface area contributed by atoms with Gasteiger partial charge in [0.15, 0.2) is 0 Å². The van der Waals surface area contributed by atoms with Crippen molar-refractivity contribution >= 4 is 0 Å². The second-order valence-corrected chi connectivity index (χ2v) is 8.46. The van der Waals surface area contributed by atoms with E-state index in [-0.39, 0.29) is 5.92 Å². The maximum atomic E-state index is 12.8. The molecule has 0 spiro atoms. The smallest absolute Gasteiger partial charge is 0.419 e. The van der Waals surface area contributed by atoms with Gasteiger partial charge in [0, 0.05) is 0 Å². The number of phenols is 1. The fourth-order valence-corrected chi connectivity index (χ4v) is 5.32. The summed E-state index contributed by atoms with van der Waals surface area (Å²) < 4.78 is 38.4. The first kappa shape index (κ1) is 19.6. The summed E-state index contributed by atoms with van der Waals surface area (Å²) in [5, 5.41) is 9.76. The number of rotatable bonds is 4. The van der Waals surface area contributed by atoms with E-state index in [9.17, 15) is 18.3 Å². The Kier molecular flexibility index (Phi) is 6.19. The Labute approximate surface area is 155 Å². The molecule has 146 valence electrons. The minimum atomic E-state index is -4.49.